The largest absolute Gasteiger partial charge is 0.493 e. The Morgan fingerprint density at radius 2 is 1.70 bits per heavy atom. The molecule has 1 aliphatic heterocycles. The second-order valence-corrected chi connectivity index (χ2v) is 10.1. The number of carbonyl (C=O) groups excluding carboxylic acids is 1. The molecule has 2 aromatic carbocycles. The van der Waals surface area contributed by atoms with Gasteiger partial charge in [-0.15, -0.1) is 0 Å². The Morgan fingerprint density at radius 1 is 1.00 bits per heavy atom. The maximum Gasteiger partial charge on any atom is 0.416 e. The number of aromatic hydroxyl groups is 1. The van der Waals surface area contributed by atoms with Crippen molar-refractivity contribution in [1.82, 2.24) is 9.88 Å². The van der Waals surface area contributed by atoms with Gasteiger partial charge in [0, 0.05) is 45.1 Å². The van der Waals surface area contributed by atoms with Gasteiger partial charge in [-0.2, -0.15) is 31.3 Å². The van der Waals surface area contributed by atoms with Crippen LogP contribution in [0.3, 0.4) is 0 Å². The Balaban J connectivity index is 1.47. The summed E-state index contributed by atoms with van der Waals surface area (Å²) in [6, 6.07) is 6.10. The van der Waals surface area contributed by atoms with Crippen LogP contribution in [0.4, 0.5) is 31.5 Å². The molecule has 0 aliphatic carbocycles. The van der Waals surface area contributed by atoms with Crippen molar-refractivity contribution in [3.8, 4) is 17.4 Å². The van der Waals surface area contributed by atoms with Gasteiger partial charge in [0.1, 0.15) is 6.61 Å². The third-order valence-electron chi connectivity index (χ3n) is 6.38. The summed E-state index contributed by atoms with van der Waals surface area (Å²) >= 11 is 1.31. The molecule has 0 unspecified atom stereocenters. The number of hydrogen-bond acceptors (Lipinski definition) is 7. The maximum atomic E-state index is 13.5. The number of benzene rings is 2. The fourth-order valence-corrected chi connectivity index (χ4v) is 5.26. The van der Waals surface area contributed by atoms with Gasteiger partial charge >= 0.3 is 12.4 Å². The first kappa shape index (κ1) is 29.3. The third kappa shape index (κ3) is 6.72. The number of amides is 1. The molecule has 1 fully saturated rings. The molecule has 1 amide bonds. The zero-order valence-electron chi connectivity index (χ0n) is 21.4. The minimum absolute atomic E-state index is 0.00357. The van der Waals surface area contributed by atoms with E-state index in [0.717, 1.165) is 6.07 Å². The van der Waals surface area contributed by atoms with Crippen molar-refractivity contribution in [2.75, 3.05) is 38.2 Å². The number of carbonyl (C=O) groups is 1. The Morgan fingerprint density at radius 3 is 2.30 bits per heavy atom. The van der Waals surface area contributed by atoms with Crippen LogP contribution in [0.2, 0.25) is 0 Å². The summed E-state index contributed by atoms with van der Waals surface area (Å²) in [5, 5.41) is 11.0. The molecule has 4 rings (SSSR count). The molecular formula is C26H25F6N3O4S. The fraction of sp³-hybridized carbons (Fsp3) is 0.385. The molecule has 0 spiro atoms. The molecule has 14 heteroatoms. The van der Waals surface area contributed by atoms with Gasteiger partial charge in [0.2, 0.25) is 11.8 Å². The SMILES string of the molecule is COc1cc(Cc2sc(N3CCN(C(C)=O)CC3)nc2O)ccc1OCc1ccc(C(F)(F)F)cc1C(F)(F)F. The van der Waals surface area contributed by atoms with Gasteiger partial charge in [0.15, 0.2) is 16.6 Å². The molecule has 7 nitrogen and oxygen atoms in total. The van der Waals surface area contributed by atoms with Crippen molar-refractivity contribution in [3.63, 3.8) is 0 Å². The van der Waals surface area contributed by atoms with E-state index in [1.54, 1.807) is 17.0 Å². The second kappa shape index (κ2) is 11.4. The lowest BCUT2D eigenvalue weighted by Gasteiger charge is -2.33. The number of aromatic nitrogens is 1. The summed E-state index contributed by atoms with van der Waals surface area (Å²) in [4.78, 5) is 20.1. The quantitative estimate of drug-likeness (QED) is 0.355. The molecular weight excluding hydrogens is 564 g/mol. The van der Waals surface area contributed by atoms with E-state index in [2.05, 4.69) is 4.98 Å². The molecule has 1 aromatic heterocycles. The summed E-state index contributed by atoms with van der Waals surface area (Å²) in [6.07, 6.45) is -9.65. The van der Waals surface area contributed by atoms with Crippen LogP contribution < -0.4 is 14.4 Å². The van der Waals surface area contributed by atoms with Crippen molar-refractivity contribution < 1.29 is 45.7 Å². The van der Waals surface area contributed by atoms with Crippen LogP contribution in [0, 0.1) is 0 Å². The van der Waals surface area contributed by atoms with Gasteiger partial charge in [-0.25, -0.2) is 0 Å². The van der Waals surface area contributed by atoms with Gasteiger partial charge in [0.25, 0.3) is 0 Å². The molecule has 216 valence electrons. The van der Waals surface area contributed by atoms with Gasteiger partial charge < -0.3 is 24.4 Å². The summed E-state index contributed by atoms with van der Waals surface area (Å²) in [7, 11) is 1.34. The normalized spacial score (nSPS) is 14.4. The standard InChI is InChI=1S/C26H25F6N3O4S/c1-15(36)34-7-9-35(10-8-34)24-33-23(37)22(40-24)12-16-3-6-20(21(11-16)38-2)39-14-17-4-5-18(25(27,28)29)13-19(17)26(30,31)32/h3-6,11,13,37H,7-10,12,14H2,1-2H3. The fourth-order valence-electron chi connectivity index (χ4n) is 4.22. The van der Waals surface area contributed by atoms with Crippen molar-refractivity contribution >= 4 is 22.4 Å². The number of hydrogen-bond donors (Lipinski definition) is 1. The van der Waals surface area contributed by atoms with Gasteiger partial charge in [0.05, 0.1) is 23.1 Å². The van der Waals surface area contributed by atoms with Crippen LogP contribution in [0.5, 0.6) is 17.4 Å². The summed E-state index contributed by atoms with van der Waals surface area (Å²) in [5.74, 6) is 0.165. The first-order valence-corrected chi connectivity index (χ1v) is 12.8. The van der Waals surface area contributed by atoms with Crippen molar-refractivity contribution in [2.24, 2.45) is 0 Å². The van der Waals surface area contributed by atoms with Gasteiger partial charge in [-0.3, -0.25) is 4.79 Å². The summed E-state index contributed by atoms with van der Waals surface area (Å²) in [5.41, 5.74) is -2.60. The highest BCUT2D eigenvalue weighted by Crippen LogP contribution is 2.39. The predicted octanol–water partition coefficient (Wildman–Crippen LogP) is 5.73. The Hall–Kier alpha value is -3.68. The number of piperazine rings is 1. The molecule has 0 radical (unpaired) electrons. The lowest BCUT2D eigenvalue weighted by molar-refractivity contribution is -0.143. The average molecular weight is 590 g/mol. The molecule has 0 bridgehead atoms. The van der Waals surface area contributed by atoms with Crippen LogP contribution in [-0.4, -0.2) is 54.2 Å². The predicted molar refractivity (Wildman–Crippen MR) is 135 cm³/mol. The van der Waals surface area contributed by atoms with E-state index in [1.807, 2.05) is 4.90 Å². The average Bonchev–Trinajstić information content (AvgIpc) is 3.26. The van der Waals surface area contributed by atoms with Crippen LogP contribution in [0.15, 0.2) is 36.4 Å². The lowest BCUT2D eigenvalue weighted by Crippen LogP contribution is -2.48. The van der Waals surface area contributed by atoms with E-state index in [9.17, 15) is 36.2 Å². The summed E-state index contributed by atoms with van der Waals surface area (Å²) in [6.45, 7) is 3.16. The number of rotatable bonds is 7. The van der Waals surface area contributed by atoms with Gasteiger partial charge in [-0.1, -0.05) is 23.5 Å². The number of nitrogens with zero attached hydrogens (tertiary/aromatic N) is 3. The first-order chi connectivity index (χ1) is 18.8. The maximum absolute atomic E-state index is 13.5. The topological polar surface area (TPSA) is 75.1 Å². The van der Waals surface area contributed by atoms with Crippen LogP contribution in [-0.2, 0) is 30.2 Å². The second-order valence-electron chi connectivity index (χ2n) is 9.05. The molecule has 1 saturated heterocycles. The van der Waals surface area contributed by atoms with E-state index in [0.29, 0.717) is 47.8 Å². The number of ether oxygens (including phenoxy) is 2. The zero-order chi connectivity index (χ0) is 29.2. The van der Waals surface area contributed by atoms with Crippen LogP contribution >= 0.6 is 11.3 Å². The minimum atomic E-state index is -5.01. The molecule has 0 atom stereocenters. The van der Waals surface area contributed by atoms with E-state index < -0.39 is 35.6 Å². The highest BCUT2D eigenvalue weighted by Gasteiger charge is 2.38. The number of methoxy groups -OCH3 is 1. The molecule has 40 heavy (non-hydrogen) atoms. The van der Waals surface area contributed by atoms with E-state index in [1.165, 1.54) is 31.4 Å². The third-order valence-corrected chi connectivity index (χ3v) is 7.48. The Labute approximate surface area is 229 Å². The van der Waals surface area contributed by atoms with E-state index >= 15 is 0 Å². The first-order valence-electron chi connectivity index (χ1n) is 12.0. The van der Waals surface area contributed by atoms with Crippen molar-refractivity contribution in [3.05, 3.63) is 63.5 Å². The van der Waals surface area contributed by atoms with Crippen LogP contribution in [0.25, 0.3) is 0 Å². The van der Waals surface area contributed by atoms with Gasteiger partial charge in [-0.05, 0) is 29.8 Å². The smallest absolute Gasteiger partial charge is 0.416 e. The Kier molecular flexibility index (Phi) is 8.38. The number of halogens is 6. The zero-order valence-corrected chi connectivity index (χ0v) is 22.2. The number of alkyl halides is 6. The number of thiazole rings is 1. The number of anilines is 1. The highest BCUT2D eigenvalue weighted by atomic mass is 32.1. The minimum Gasteiger partial charge on any atom is -0.493 e. The molecule has 1 N–H and O–H groups in total. The van der Waals surface area contributed by atoms with E-state index in [-0.39, 0.29) is 35.8 Å². The molecule has 0 saturated carbocycles. The lowest BCUT2D eigenvalue weighted by atomic mass is 10.0. The monoisotopic (exact) mass is 589 g/mol. The molecule has 1 aliphatic rings. The van der Waals surface area contributed by atoms with Crippen molar-refractivity contribution in [2.45, 2.75) is 32.3 Å². The summed E-state index contributed by atoms with van der Waals surface area (Å²) < 4.78 is 90.0. The highest BCUT2D eigenvalue weighted by molar-refractivity contribution is 7.15. The Bertz CT molecular complexity index is 1370. The molecule has 3 aromatic rings. The molecule has 2 heterocycles. The van der Waals surface area contributed by atoms with E-state index in [4.69, 9.17) is 9.47 Å². The van der Waals surface area contributed by atoms with Crippen LogP contribution in [0.1, 0.15) is 34.1 Å². The van der Waals surface area contributed by atoms with Crippen molar-refractivity contribution in [1.29, 1.82) is 0 Å².